The van der Waals surface area contributed by atoms with Crippen molar-refractivity contribution in [2.24, 2.45) is 0 Å². The second-order valence-corrected chi connectivity index (χ2v) is 6.29. The molecule has 0 aliphatic carbocycles. The van der Waals surface area contributed by atoms with E-state index in [1.165, 1.54) is 0 Å². The quantitative estimate of drug-likeness (QED) is 0.798. The topological polar surface area (TPSA) is 66.5 Å². The summed E-state index contributed by atoms with van der Waals surface area (Å²) in [7, 11) is 0. The van der Waals surface area contributed by atoms with Gasteiger partial charge in [-0.15, -0.1) is 0 Å². The molecule has 1 fully saturated rings. The molecule has 0 amide bonds. The molecule has 1 aliphatic heterocycles. The number of morpholine rings is 1. The number of hydrogen-bond acceptors (Lipinski definition) is 5. The maximum Gasteiger partial charge on any atom is 0.161 e. The molecule has 0 N–H and O–H groups in total. The Hall–Kier alpha value is -2.13. The molecule has 0 radical (unpaired) electrons. The number of rotatable bonds is 1. The fourth-order valence-corrected chi connectivity index (χ4v) is 2.44. The van der Waals surface area contributed by atoms with Crippen LogP contribution in [0.4, 0.5) is 5.82 Å². The summed E-state index contributed by atoms with van der Waals surface area (Å²) in [6.07, 6.45) is 3.21. The summed E-state index contributed by atoms with van der Waals surface area (Å²) in [5, 5.41) is 13.7. The van der Waals surface area contributed by atoms with Gasteiger partial charge in [-0.05, 0) is 6.07 Å². The summed E-state index contributed by atoms with van der Waals surface area (Å²) in [5.41, 5.74) is 1.99. The minimum absolute atomic E-state index is 0.0104. The van der Waals surface area contributed by atoms with E-state index in [1.54, 1.807) is 6.20 Å². The molecule has 3 rings (SSSR count). The van der Waals surface area contributed by atoms with E-state index in [-0.39, 0.29) is 5.41 Å². The molecule has 3 heterocycles. The normalized spacial score (nSPS) is 19.7. The van der Waals surface area contributed by atoms with Gasteiger partial charge in [-0.2, -0.15) is 10.4 Å². The molecule has 110 valence electrons. The molecule has 1 atom stereocenters. The van der Waals surface area contributed by atoms with Gasteiger partial charge in [0.2, 0.25) is 0 Å². The Labute approximate surface area is 124 Å². The van der Waals surface area contributed by atoms with Crippen LogP contribution in [0.25, 0.3) is 5.52 Å². The number of hydrogen-bond donors (Lipinski definition) is 0. The summed E-state index contributed by atoms with van der Waals surface area (Å²) < 4.78 is 7.26. The lowest BCUT2D eigenvalue weighted by Crippen LogP contribution is -2.42. The highest BCUT2D eigenvalue weighted by Crippen LogP contribution is 2.27. The fraction of sp³-hybridized carbons (Fsp3) is 0.533. The molecular weight excluding hydrogens is 266 g/mol. The molecule has 0 aromatic carbocycles. The predicted molar refractivity (Wildman–Crippen MR) is 79.3 cm³/mol. The van der Waals surface area contributed by atoms with Crippen LogP contribution in [0.5, 0.6) is 0 Å². The van der Waals surface area contributed by atoms with Crippen LogP contribution in [0.1, 0.15) is 26.5 Å². The highest BCUT2D eigenvalue weighted by atomic mass is 16.5. The molecule has 6 heteroatoms. The van der Waals surface area contributed by atoms with Crippen molar-refractivity contribution in [3.05, 3.63) is 24.2 Å². The highest BCUT2D eigenvalue weighted by Gasteiger charge is 2.24. The summed E-state index contributed by atoms with van der Waals surface area (Å²) >= 11 is 0. The first-order valence-electron chi connectivity index (χ1n) is 7.10. The highest BCUT2D eigenvalue weighted by molar-refractivity contribution is 5.69. The number of nitrogens with zero attached hydrogens (tertiary/aromatic N) is 5. The van der Waals surface area contributed by atoms with E-state index in [0.29, 0.717) is 13.2 Å². The second-order valence-electron chi connectivity index (χ2n) is 6.29. The first-order chi connectivity index (χ1) is 9.99. The fourth-order valence-electron chi connectivity index (χ4n) is 2.44. The number of ether oxygens (including phenoxy) is 1. The smallest absolute Gasteiger partial charge is 0.161 e. The summed E-state index contributed by atoms with van der Waals surface area (Å²) in [6.45, 7) is 8.24. The first kappa shape index (κ1) is 13.8. The Bertz CT molecular complexity index is 694. The van der Waals surface area contributed by atoms with Crippen LogP contribution in [0.3, 0.4) is 0 Å². The van der Waals surface area contributed by atoms with Gasteiger partial charge in [0.05, 0.1) is 24.9 Å². The third-order valence-electron chi connectivity index (χ3n) is 3.65. The monoisotopic (exact) mass is 285 g/mol. The van der Waals surface area contributed by atoms with Crippen LogP contribution in [-0.2, 0) is 10.2 Å². The van der Waals surface area contributed by atoms with E-state index < -0.39 is 6.10 Å². The zero-order valence-corrected chi connectivity index (χ0v) is 12.6. The Morgan fingerprint density at radius 1 is 1.43 bits per heavy atom. The summed E-state index contributed by atoms with van der Waals surface area (Å²) in [5.74, 6) is 0.865. The van der Waals surface area contributed by atoms with Gasteiger partial charge in [0, 0.05) is 24.4 Å². The SMILES string of the molecule is CC(C)(C)c1cc2c(N3CCOC(C#N)C3)nccn2n1. The van der Waals surface area contributed by atoms with E-state index in [1.807, 2.05) is 10.7 Å². The number of fused-ring (bicyclic) bond motifs is 1. The van der Waals surface area contributed by atoms with Crippen molar-refractivity contribution in [3.63, 3.8) is 0 Å². The van der Waals surface area contributed by atoms with Crippen molar-refractivity contribution in [1.29, 1.82) is 5.26 Å². The van der Waals surface area contributed by atoms with Gasteiger partial charge < -0.3 is 9.64 Å². The molecule has 1 unspecified atom stereocenters. The molecule has 2 aromatic heterocycles. The third-order valence-corrected chi connectivity index (χ3v) is 3.65. The van der Waals surface area contributed by atoms with Gasteiger partial charge in [-0.25, -0.2) is 9.50 Å². The standard InChI is InChI=1S/C15H19N5O/c1-15(2,3)13-8-12-14(17-4-5-20(12)18-13)19-6-7-21-11(9-16)10-19/h4-5,8,11H,6-7,10H2,1-3H3. The van der Waals surface area contributed by atoms with E-state index in [9.17, 15) is 0 Å². The van der Waals surface area contributed by atoms with Gasteiger partial charge in [0.25, 0.3) is 0 Å². The zero-order chi connectivity index (χ0) is 15.0. The molecule has 21 heavy (non-hydrogen) atoms. The minimum Gasteiger partial charge on any atom is -0.360 e. The molecule has 6 nitrogen and oxygen atoms in total. The van der Waals surface area contributed by atoms with E-state index in [0.717, 1.165) is 23.6 Å². The third kappa shape index (κ3) is 2.57. The largest absolute Gasteiger partial charge is 0.360 e. The van der Waals surface area contributed by atoms with E-state index in [4.69, 9.17) is 10.00 Å². The maximum atomic E-state index is 9.04. The second kappa shape index (κ2) is 5.01. The Morgan fingerprint density at radius 2 is 2.24 bits per heavy atom. The average molecular weight is 285 g/mol. The first-order valence-corrected chi connectivity index (χ1v) is 7.10. The lowest BCUT2D eigenvalue weighted by Gasteiger charge is -2.30. The van der Waals surface area contributed by atoms with Gasteiger partial charge in [0.1, 0.15) is 5.52 Å². The molecule has 0 spiro atoms. The van der Waals surface area contributed by atoms with E-state index >= 15 is 0 Å². The molecule has 1 aliphatic rings. The lowest BCUT2D eigenvalue weighted by molar-refractivity contribution is 0.0762. The number of anilines is 1. The van der Waals surface area contributed by atoms with Crippen LogP contribution in [-0.4, -0.2) is 40.4 Å². The molecular formula is C15H19N5O. The molecule has 0 bridgehead atoms. The average Bonchev–Trinajstić information content (AvgIpc) is 2.91. The molecule has 2 aromatic rings. The predicted octanol–water partition coefficient (Wildman–Crippen LogP) is 1.76. The van der Waals surface area contributed by atoms with Gasteiger partial charge >= 0.3 is 0 Å². The van der Waals surface area contributed by atoms with Crippen molar-refractivity contribution in [3.8, 4) is 6.07 Å². The number of aromatic nitrogens is 3. The van der Waals surface area contributed by atoms with Crippen molar-refractivity contribution in [2.45, 2.75) is 32.3 Å². The van der Waals surface area contributed by atoms with Crippen LogP contribution >= 0.6 is 0 Å². The Kier molecular flexibility index (Phi) is 3.30. The van der Waals surface area contributed by atoms with Crippen LogP contribution < -0.4 is 4.90 Å². The van der Waals surface area contributed by atoms with Gasteiger partial charge in [-0.1, -0.05) is 20.8 Å². The Balaban J connectivity index is 2.03. The van der Waals surface area contributed by atoms with Crippen LogP contribution in [0.15, 0.2) is 18.5 Å². The Morgan fingerprint density at radius 3 is 2.95 bits per heavy atom. The van der Waals surface area contributed by atoms with Crippen molar-refractivity contribution < 1.29 is 4.74 Å². The van der Waals surface area contributed by atoms with Crippen LogP contribution in [0.2, 0.25) is 0 Å². The maximum absolute atomic E-state index is 9.04. The molecule has 1 saturated heterocycles. The van der Waals surface area contributed by atoms with Crippen molar-refractivity contribution in [2.75, 3.05) is 24.6 Å². The number of nitriles is 1. The summed E-state index contributed by atoms with van der Waals surface area (Å²) in [4.78, 5) is 6.59. The zero-order valence-electron chi connectivity index (χ0n) is 12.6. The lowest BCUT2D eigenvalue weighted by atomic mass is 9.92. The van der Waals surface area contributed by atoms with E-state index in [2.05, 4.69) is 47.9 Å². The molecule has 0 saturated carbocycles. The van der Waals surface area contributed by atoms with Gasteiger partial charge in [-0.3, -0.25) is 0 Å². The minimum atomic E-state index is -0.397. The van der Waals surface area contributed by atoms with Gasteiger partial charge in [0.15, 0.2) is 11.9 Å². The van der Waals surface area contributed by atoms with Crippen molar-refractivity contribution >= 4 is 11.3 Å². The van der Waals surface area contributed by atoms with Crippen LogP contribution in [0, 0.1) is 11.3 Å². The summed E-state index contributed by atoms with van der Waals surface area (Å²) in [6, 6.07) is 4.25. The van der Waals surface area contributed by atoms with Crippen molar-refractivity contribution in [1.82, 2.24) is 14.6 Å².